The molecule has 166 valence electrons. The Bertz CT molecular complexity index is 929. The Morgan fingerprint density at radius 3 is 2.13 bits per heavy atom. The average Bonchev–Trinajstić information content (AvgIpc) is 2.81. The fourth-order valence-electron chi connectivity index (χ4n) is 3.77. The van der Waals surface area contributed by atoms with E-state index in [1.807, 2.05) is 42.5 Å². The van der Waals surface area contributed by atoms with Crippen molar-refractivity contribution in [2.75, 3.05) is 19.0 Å². The van der Waals surface area contributed by atoms with Crippen LogP contribution in [0.15, 0.2) is 48.8 Å². The summed E-state index contributed by atoms with van der Waals surface area (Å²) in [6, 6.07) is 13.7. The molecule has 0 spiro atoms. The van der Waals surface area contributed by atoms with Gasteiger partial charge in [-0.1, -0.05) is 82.6 Å². The number of nitrogens with one attached hydrogen (secondary N) is 1. The Hall–Kier alpha value is -2.82. The van der Waals surface area contributed by atoms with Gasteiger partial charge in [0.15, 0.2) is 0 Å². The quantitative estimate of drug-likeness (QED) is 0.275. The molecule has 0 bridgehead atoms. The third-order valence-corrected chi connectivity index (χ3v) is 5.51. The molecule has 0 radical (unpaired) electrons. The van der Waals surface area contributed by atoms with Crippen LogP contribution in [0.25, 0.3) is 10.8 Å². The number of benzene rings is 2. The summed E-state index contributed by atoms with van der Waals surface area (Å²) >= 11 is 0. The van der Waals surface area contributed by atoms with Gasteiger partial charge in [0.05, 0.1) is 7.11 Å². The summed E-state index contributed by atoms with van der Waals surface area (Å²) in [6.45, 7) is 3.18. The van der Waals surface area contributed by atoms with Crippen molar-refractivity contribution < 1.29 is 9.47 Å². The number of fused-ring (bicyclic) bond motifs is 1. The molecule has 1 aromatic heterocycles. The van der Waals surface area contributed by atoms with Crippen LogP contribution in [0.2, 0.25) is 0 Å². The minimum Gasteiger partial charge on any atom is -0.496 e. The van der Waals surface area contributed by atoms with Crippen molar-refractivity contribution in [2.45, 2.75) is 64.7 Å². The molecular formula is C26H35N3O2. The Kier molecular flexibility index (Phi) is 9.42. The van der Waals surface area contributed by atoms with E-state index in [1.54, 1.807) is 13.4 Å². The van der Waals surface area contributed by atoms with Gasteiger partial charge in [-0.25, -0.2) is 9.97 Å². The number of hydrogen-bond donors (Lipinski definition) is 1. The zero-order valence-corrected chi connectivity index (χ0v) is 18.9. The minimum atomic E-state index is 0.528. The standard InChI is InChI=1S/C26H35N3O2/c1-3-4-5-6-7-8-9-10-13-18-27-25-19-26(29-20-28-25)31-24-17-16-23(30-2)21-14-11-12-15-22(21)24/h11-12,14-17,19-20H,3-10,13,18H2,1-2H3,(H,27,28,29). The highest BCUT2D eigenvalue weighted by Gasteiger charge is 2.09. The van der Waals surface area contributed by atoms with E-state index >= 15 is 0 Å². The molecule has 1 N–H and O–H groups in total. The SMILES string of the molecule is CCCCCCCCCCCNc1cc(Oc2ccc(OC)c3ccccc23)ncn1. The Morgan fingerprint density at radius 1 is 0.774 bits per heavy atom. The van der Waals surface area contributed by atoms with E-state index in [9.17, 15) is 0 Å². The van der Waals surface area contributed by atoms with Crippen molar-refractivity contribution in [3.63, 3.8) is 0 Å². The smallest absolute Gasteiger partial charge is 0.224 e. The van der Waals surface area contributed by atoms with Crippen LogP contribution in [0.5, 0.6) is 17.4 Å². The number of unbranched alkanes of at least 4 members (excludes halogenated alkanes) is 8. The molecule has 0 fully saturated rings. The highest BCUT2D eigenvalue weighted by atomic mass is 16.5. The second-order valence-electron chi connectivity index (χ2n) is 7.91. The molecule has 31 heavy (non-hydrogen) atoms. The minimum absolute atomic E-state index is 0.528. The largest absolute Gasteiger partial charge is 0.496 e. The summed E-state index contributed by atoms with van der Waals surface area (Å²) in [4.78, 5) is 8.60. The normalized spacial score (nSPS) is 10.9. The Morgan fingerprint density at radius 2 is 1.42 bits per heavy atom. The van der Waals surface area contributed by atoms with Crippen LogP contribution in [0.1, 0.15) is 64.7 Å². The molecule has 0 unspecified atom stereocenters. The maximum absolute atomic E-state index is 6.08. The van der Waals surface area contributed by atoms with Crippen molar-refractivity contribution in [3.05, 3.63) is 48.8 Å². The predicted octanol–water partition coefficient (Wildman–Crippen LogP) is 7.37. The first-order chi connectivity index (χ1) is 15.3. The van der Waals surface area contributed by atoms with Gasteiger partial charge in [-0.15, -0.1) is 0 Å². The van der Waals surface area contributed by atoms with Crippen molar-refractivity contribution in [1.29, 1.82) is 0 Å². The third-order valence-electron chi connectivity index (χ3n) is 5.51. The van der Waals surface area contributed by atoms with Gasteiger partial charge in [-0.2, -0.15) is 0 Å². The molecule has 2 aromatic carbocycles. The molecule has 1 heterocycles. The average molecular weight is 422 g/mol. The fraction of sp³-hybridized carbons (Fsp3) is 0.462. The molecule has 0 saturated carbocycles. The first kappa shape index (κ1) is 22.9. The second-order valence-corrected chi connectivity index (χ2v) is 7.91. The summed E-state index contributed by atoms with van der Waals surface area (Å²) in [7, 11) is 1.68. The molecule has 5 heteroatoms. The van der Waals surface area contributed by atoms with Gasteiger partial charge in [0.25, 0.3) is 0 Å². The lowest BCUT2D eigenvalue weighted by atomic mass is 10.1. The monoisotopic (exact) mass is 421 g/mol. The van der Waals surface area contributed by atoms with E-state index in [2.05, 4.69) is 22.2 Å². The molecule has 3 rings (SSSR count). The zero-order chi connectivity index (χ0) is 21.7. The highest BCUT2D eigenvalue weighted by Crippen LogP contribution is 2.35. The van der Waals surface area contributed by atoms with Gasteiger partial charge in [0.2, 0.25) is 5.88 Å². The number of anilines is 1. The predicted molar refractivity (Wildman–Crippen MR) is 128 cm³/mol. The summed E-state index contributed by atoms with van der Waals surface area (Å²) in [5.74, 6) is 2.90. The van der Waals surface area contributed by atoms with Crippen LogP contribution < -0.4 is 14.8 Å². The number of ether oxygens (including phenoxy) is 2. The van der Waals surface area contributed by atoms with Gasteiger partial charge >= 0.3 is 0 Å². The molecule has 5 nitrogen and oxygen atoms in total. The van der Waals surface area contributed by atoms with E-state index < -0.39 is 0 Å². The van der Waals surface area contributed by atoms with Crippen molar-refractivity contribution >= 4 is 16.6 Å². The van der Waals surface area contributed by atoms with Gasteiger partial charge < -0.3 is 14.8 Å². The number of rotatable bonds is 14. The van der Waals surface area contributed by atoms with E-state index in [-0.39, 0.29) is 0 Å². The second kappa shape index (κ2) is 12.8. The van der Waals surface area contributed by atoms with E-state index in [4.69, 9.17) is 9.47 Å². The number of aromatic nitrogens is 2. The third kappa shape index (κ3) is 7.12. The Labute approximate surface area is 186 Å². The van der Waals surface area contributed by atoms with Gasteiger partial charge in [0.1, 0.15) is 23.6 Å². The van der Waals surface area contributed by atoms with Crippen molar-refractivity contribution in [1.82, 2.24) is 9.97 Å². The Balaban J connectivity index is 1.46. The maximum atomic E-state index is 6.08. The van der Waals surface area contributed by atoms with Gasteiger partial charge in [-0.05, 0) is 18.6 Å². The van der Waals surface area contributed by atoms with E-state index in [0.717, 1.165) is 41.1 Å². The van der Waals surface area contributed by atoms with Gasteiger partial charge in [-0.3, -0.25) is 0 Å². The number of methoxy groups -OCH3 is 1. The molecule has 0 aliphatic rings. The lowest BCUT2D eigenvalue weighted by molar-refractivity contribution is 0.418. The summed E-state index contributed by atoms with van der Waals surface area (Å²) in [5.41, 5.74) is 0. The van der Waals surface area contributed by atoms with Crippen LogP contribution in [-0.4, -0.2) is 23.6 Å². The molecule has 0 amide bonds. The molecular weight excluding hydrogens is 386 g/mol. The van der Waals surface area contributed by atoms with E-state index in [0.29, 0.717) is 5.88 Å². The molecule has 0 saturated heterocycles. The lowest BCUT2D eigenvalue weighted by Gasteiger charge is -2.12. The van der Waals surface area contributed by atoms with Crippen molar-refractivity contribution in [3.8, 4) is 17.4 Å². The van der Waals surface area contributed by atoms with Crippen LogP contribution in [0.3, 0.4) is 0 Å². The van der Waals surface area contributed by atoms with Crippen LogP contribution in [-0.2, 0) is 0 Å². The number of nitrogens with zero attached hydrogens (tertiary/aromatic N) is 2. The fourth-order valence-corrected chi connectivity index (χ4v) is 3.77. The van der Waals surface area contributed by atoms with Crippen LogP contribution in [0, 0.1) is 0 Å². The summed E-state index contributed by atoms with van der Waals surface area (Å²) < 4.78 is 11.5. The molecule has 0 aliphatic heterocycles. The first-order valence-corrected chi connectivity index (χ1v) is 11.6. The van der Waals surface area contributed by atoms with Gasteiger partial charge in [0, 0.05) is 23.4 Å². The summed E-state index contributed by atoms with van der Waals surface area (Å²) in [5, 5.41) is 5.40. The first-order valence-electron chi connectivity index (χ1n) is 11.6. The molecule has 0 aliphatic carbocycles. The molecule has 0 atom stereocenters. The van der Waals surface area contributed by atoms with E-state index in [1.165, 1.54) is 51.4 Å². The lowest BCUT2D eigenvalue weighted by Crippen LogP contribution is -2.04. The highest BCUT2D eigenvalue weighted by molar-refractivity contribution is 5.93. The number of hydrogen-bond acceptors (Lipinski definition) is 5. The van der Waals surface area contributed by atoms with Crippen LogP contribution >= 0.6 is 0 Å². The maximum Gasteiger partial charge on any atom is 0.224 e. The topological polar surface area (TPSA) is 56.3 Å². The zero-order valence-electron chi connectivity index (χ0n) is 18.9. The van der Waals surface area contributed by atoms with Crippen LogP contribution in [0.4, 0.5) is 5.82 Å². The van der Waals surface area contributed by atoms with Crippen molar-refractivity contribution in [2.24, 2.45) is 0 Å². The molecule has 3 aromatic rings. The summed E-state index contributed by atoms with van der Waals surface area (Å²) in [6.07, 6.45) is 13.5.